The molecule has 15 heavy (non-hydrogen) atoms. The van der Waals surface area contributed by atoms with Gasteiger partial charge in [0.15, 0.2) is 0 Å². The maximum absolute atomic E-state index is 5.86. The fraction of sp³-hybridized carbons (Fsp3) is 0.0833. The Balaban J connectivity index is 2.50. The van der Waals surface area contributed by atoms with Crippen LogP contribution in [0.25, 0.3) is 11.1 Å². The molecule has 0 spiro atoms. The van der Waals surface area contributed by atoms with Crippen LogP contribution < -0.4 is 5.73 Å². The molecule has 0 saturated carbocycles. The van der Waals surface area contributed by atoms with Gasteiger partial charge in [-0.25, -0.2) is 4.98 Å². The van der Waals surface area contributed by atoms with E-state index in [0.29, 0.717) is 5.15 Å². The minimum Gasteiger partial charge on any atom is -0.399 e. The number of pyridine rings is 1. The van der Waals surface area contributed by atoms with Crippen LogP contribution in [0.3, 0.4) is 0 Å². The average molecular weight is 219 g/mol. The minimum atomic E-state index is 0.544. The topological polar surface area (TPSA) is 38.9 Å². The van der Waals surface area contributed by atoms with Crippen molar-refractivity contribution < 1.29 is 0 Å². The predicted octanol–water partition coefficient (Wildman–Crippen LogP) is 3.29. The van der Waals surface area contributed by atoms with Crippen LogP contribution in [0.1, 0.15) is 5.56 Å². The number of rotatable bonds is 1. The van der Waals surface area contributed by atoms with Gasteiger partial charge in [0.25, 0.3) is 0 Å². The molecule has 1 heterocycles. The summed E-state index contributed by atoms with van der Waals surface area (Å²) in [4.78, 5) is 4.11. The normalized spacial score (nSPS) is 10.3. The molecule has 2 rings (SSSR count). The number of aryl methyl sites for hydroxylation is 1. The second-order valence-corrected chi connectivity index (χ2v) is 3.82. The lowest BCUT2D eigenvalue weighted by molar-refractivity contribution is 1.27. The van der Waals surface area contributed by atoms with Crippen LogP contribution in [0.2, 0.25) is 5.15 Å². The third-order valence-corrected chi connectivity index (χ3v) is 2.63. The fourth-order valence-electron chi connectivity index (χ4n) is 1.43. The van der Waals surface area contributed by atoms with Gasteiger partial charge in [0, 0.05) is 17.4 Å². The smallest absolute Gasteiger partial charge is 0.131 e. The highest BCUT2D eigenvalue weighted by Gasteiger charge is 2.01. The van der Waals surface area contributed by atoms with Crippen LogP contribution in [0.5, 0.6) is 0 Å². The van der Waals surface area contributed by atoms with Gasteiger partial charge in [-0.2, -0.15) is 0 Å². The van der Waals surface area contributed by atoms with Crippen molar-refractivity contribution in [2.75, 3.05) is 5.73 Å². The molecule has 0 unspecified atom stereocenters. The van der Waals surface area contributed by atoms with Gasteiger partial charge < -0.3 is 5.73 Å². The highest BCUT2D eigenvalue weighted by molar-refractivity contribution is 6.30. The Labute approximate surface area is 93.7 Å². The van der Waals surface area contributed by atoms with E-state index in [4.69, 9.17) is 17.3 Å². The molecule has 76 valence electrons. The van der Waals surface area contributed by atoms with E-state index in [-0.39, 0.29) is 0 Å². The van der Waals surface area contributed by atoms with E-state index in [1.807, 2.05) is 37.3 Å². The predicted molar refractivity (Wildman–Crippen MR) is 63.8 cm³/mol. The van der Waals surface area contributed by atoms with Crippen molar-refractivity contribution in [3.63, 3.8) is 0 Å². The molecule has 2 aromatic rings. The first kappa shape index (κ1) is 9.99. The summed E-state index contributed by atoms with van der Waals surface area (Å²) in [6.45, 7) is 1.94. The van der Waals surface area contributed by atoms with Crippen molar-refractivity contribution in [1.29, 1.82) is 0 Å². The lowest BCUT2D eigenvalue weighted by Crippen LogP contribution is -1.87. The molecule has 0 aliphatic carbocycles. The Morgan fingerprint density at radius 1 is 1.20 bits per heavy atom. The number of anilines is 1. The summed E-state index contributed by atoms with van der Waals surface area (Å²) in [7, 11) is 0. The number of nitrogens with two attached hydrogens (primary N) is 1. The molecule has 2 N–H and O–H groups in total. The Kier molecular flexibility index (Phi) is 2.60. The lowest BCUT2D eigenvalue weighted by Gasteiger charge is -2.04. The zero-order valence-corrected chi connectivity index (χ0v) is 9.12. The second kappa shape index (κ2) is 3.91. The molecule has 0 bridgehead atoms. The van der Waals surface area contributed by atoms with Gasteiger partial charge in [0.1, 0.15) is 5.15 Å². The van der Waals surface area contributed by atoms with Gasteiger partial charge in [-0.15, -0.1) is 0 Å². The van der Waals surface area contributed by atoms with Crippen LogP contribution in [-0.2, 0) is 0 Å². The number of benzene rings is 1. The second-order valence-electron chi connectivity index (χ2n) is 3.46. The van der Waals surface area contributed by atoms with Crippen LogP contribution in [0, 0.1) is 6.92 Å². The molecule has 1 aromatic carbocycles. The van der Waals surface area contributed by atoms with Crippen molar-refractivity contribution in [2.45, 2.75) is 6.92 Å². The molecule has 0 aliphatic heterocycles. The molecule has 0 saturated heterocycles. The Hall–Kier alpha value is -1.54. The monoisotopic (exact) mass is 218 g/mol. The van der Waals surface area contributed by atoms with Gasteiger partial charge in [-0.3, -0.25) is 0 Å². The molecule has 2 nitrogen and oxygen atoms in total. The minimum absolute atomic E-state index is 0.544. The van der Waals surface area contributed by atoms with E-state index < -0.39 is 0 Å². The van der Waals surface area contributed by atoms with Gasteiger partial charge in [0.05, 0.1) is 0 Å². The summed E-state index contributed by atoms with van der Waals surface area (Å²) in [5, 5.41) is 0.544. The van der Waals surface area contributed by atoms with E-state index in [2.05, 4.69) is 4.98 Å². The molecule has 1 aromatic heterocycles. The first-order chi connectivity index (χ1) is 7.16. The highest BCUT2D eigenvalue weighted by Crippen LogP contribution is 2.23. The number of hydrogen-bond donors (Lipinski definition) is 1. The number of aromatic nitrogens is 1. The van der Waals surface area contributed by atoms with Crippen molar-refractivity contribution in [3.05, 3.63) is 47.2 Å². The number of halogens is 1. The van der Waals surface area contributed by atoms with Crippen LogP contribution in [-0.4, -0.2) is 4.98 Å². The largest absolute Gasteiger partial charge is 0.399 e. The molecule has 0 fully saturated rings. The van der Waals surface area contributed by atoms with Crippen molar-refractivity contribution in [1.82, 2.24) is 4.98 Å². The molecule has 0 radical (unpaired) electrons. The maximum Gasteiger partial charge on any atom is 0.131 e. The van der Waals surface area contributed by atoms with Crippen molar-refractivity contribution in [3.8, 4) is 11.1 Å². The molecule has 0 atom stereocenters. The first-order valence-corrected chi connectivity index (χ1v) is 5.02. The number of nitrogen functional groups attached to an aromatic ring is 1. The Morgan fingerprint density at radius 2 is 2.00 bits per heavy atom. The fourth-order valence-corrected chi connectivity index (χ4v) is 1.54. The SMILES string of the molecule is Cc1cc(-c2cccc(N)c2)cnc1Cl. The van der Waals surface area contributed by atoms with E-state index in [0.717, 1.165) is 22.4 Å². The lowest BCUT2D eigenvalue weighted by atomic mass is 10.1. The van der Waals surface area contributed by atoms with Crippen molar-refractivity contribution in [2.24, 2.45) is 0 Å². The van der Waals surface area contributed by atoms with E-state index in [1.54, 1.807) is 6.20 Å². The number of hydrogen-bond acceptors (Lipinski definition) is 2. The summed E-state index contributed by atoms with van der Waals surface area (Å²) in [6.07, 6.45) is 1.75. The van der Waals surface area contributed by atoms with Crippen molar-refractivity contribution >= 4 is 17.3 Å². The quantitative estimate of drug-likeness (QED) is 0.589. The molecule has 0 aliphatic rings. The summed E-state index contributed by atoms with van der Waals surface area (Å²) < 4.78 is 0. The molecule has 3 heteroatoms. The molecular weight excluding hydrogens is 208 g/mol. The summed E-state index contributed by atoms with van der Waals surface area (Å²) in [5.74, 6) is 0. The molecular formula is C12H11ClN2. The van der Waals surface area contributed by atoms with E-state index in [1.165, 1.54) is 0 Å². The standard InChI is InChI=1S/C12H11ClN2/c1-8-5-10(7-15-12(8)13)9-3-2-4-11(14)6-9/h2-7H,14H2,1H3. The molecule has 0 amide bonds. The summed E-state index contributed by atoms with van der Waals surface area (Å²) >= 11 is 5.86. The number of nitrogens with zero attached hydrogens (tertiary/aromatic N) is 1. The van der Waals surface area contributed by atoms with Gasteiger partial charge in [-0.05, 0) is 36.2 Å². The van der Waals surface area contributed by atoms with E-state index >= 15 is 0 Å². The van der Waals surface area contributed by atoms with Crippen LogP contribution in [0.15, 0.2) is 36.5 Å². The van der Waals surface area contributed by atoms with Crippen LogP contribution >= 0.6 is 11.6 Å². The highest BCUT2D eigenvalue weighted by atomic mass is 35.5. The maximum atomic E-state index is 5.86. The summed E-state index contributed by atoms with van der Waals surface area (Å²) in [6, 6.07) is 9.71. The summed E-state index contributed by atoms with van der Waals surface area (Å²) in [5.41, 5.74) is 9.53. The van der Waals surface area contributed by atoms with Crippen LogP contribution in [0.4, 0.5) is 5.69 Å². The first-order valence-electron chi connectivity index (χ1n) is 4.65. The Morgan fingerprint density at radius 3 is 2.67 bits per heavy atom. The Bertz CT molecular complexity index is 495. The van der Waals surface area contributed by atoms with Gasteiger partial charge in [-0.1, -0.05) is 23.7 Å². The zero-order valence-electron chi connectivity index (χ0n) is 8.37. The third kappa shape index (κ3) is 2.10. The van der Waals surface area contributed by atoms with E-state index in [9.17, 15) is 0 Å². The average Bonchev–Trinajstić information content (AvgIpc) is 2.22. The zero-order chi connectivity index (χ0) is 10.8. The van der Waals surface area contributed by atoms with Gasteiger partial charge >= 0.3 is 0 Å². The van der Waals surface area contributed by atoms with Gasteiger partial charge in [0.2, 0.25) is 0 Å². The third-order valence-electron chi connectivity index (χ3n) is 2.23.